The molecule has 1 aliphatic heterocycles. The summed E-state index contributed by atoms with van der Waals surface area (Å²) in [6.45, 7) is 7.65. The van der Waals surface area contributed by atoms with E-state index in [1.807, 2.05) is 41.8 Å². The van der Waals surface area contributed by atoms with Crippen LogP contribution in [0, 0.1) is 0 Å². The van der Waals surface area contributed by atoms with Gasteiger partial charge in [0.25, 0.3) is 0 Å². The Hall–Kier alpha value is -2.44. The van der Waals surface area contributed by atoms with Crippen LogP contribution in [0.2, 0.25) is 0 Å². The largest absolute Gasteiger partial charge is 0.493 e. The number of ether oxygens (including phenoxy) is 2. The van der Waals surface area contributed by atoms with E-state index in [0.29, 0.717) is 57.2 Å². The van der Waals surface area contributed by atoms with Crippen molar-refractivity contribution < 1.29 is 19.1 Å². The molecule has 1 aliphatic rings. The third kappa shape index (κ3) is 4.59. The number of urea groups is 1. The molecule has 1 heterocycles. The van der Waals surface area contributed by atoms with Crippen LogP contribution in [0.5, 0.6) is 11.5 Å². The molecule has 1 aromatic carbocycles. The topological polar surface area (TPSA) is 62.3 Å². The Labute approximate surface area is 155 Å². The minimum Gasteiger partial charge on any atom is -0.493 e. The first-order valence-electron chi connectivity index (χ1n) is 9.06. The van der Waals surface area contributed by atoms with Gasteiger partial charge in [-0.3, -0.25) is 4.79 Å². The zero-order valence-electron chi connectivity index (χ0n) is 16.2. The average molecular weight is 363 g/mol. The number of piperazine rings is 1. The van der Waals surface area contributed by atoms with E-state index >= 15 is 0 Å². The molecule has 7 heteroatoms. The summed E-state index contributed by atoms with van der Waals surface area (Å²) in [5, 5.41) is 0. The lowest BCUT2D eigenvalue weighted by Crippen LogP contribution is -2.54. The summed E-state index contributed by atoms with van der Waals surface area (Å²) < 4.78 is 10.5. The standard InChI is InChI=1S/C19H29N3O4/c1-5-20(6-2)19(24)22-11-9-21(10-12-22)18(23)14-15-7-8-16(25-3)17(13-15)26-4/h7-8,13H,5-6,9-12,14H2,1-4H3. The molecule has 0 N–H and O–H groups in total. The van der Waals surface area contributed by atoms with E-state index in [0.717, 1.165) is 5.56 Å². The average Bonchev–Trinajstić information content (AvgIpc) is 2.68. The predicted molar refractivity (Wildman–Crippen MR) is 99.7 cm³/mol. The van der Waals surface area contributed by atoms with E-state index in [1.165, 1.54) is 0 Å². The van der Waals surface area contributed by atoms with Crippen molar-refractivity contribution in [3.63, 3.8) is 0 Å². The lowest BCUT2D eigenvalue weighted by Gasteiger charge is -2.37. The molecule has 0 radical (unpaired) electrons. The number of hydrogen-bond acceptors (Lipinski definition) is 4. The number of amides is 3. The number of benzene rings is 1. The Morgan fingerprint density at radius 1 is 0.962 bits per heavy atom. The molecular weight excluding hydrogens is 334 g/mol. The number of hydrogen-bond donors (Lipinski definition) is 0. The Bertz CT molecular complexity index is 623. The van der Waals surface area contributed by atoms with Crippen molar-refractivity contribution in [1.29, 1.82) is 0 Å². The Morgan fingerprint density at radius 3 is 2.08 bits per heavy atom. The normalized spacial score (nSPS) is 14.2. The van der Waals surface area contributed by atoms with Crippen LogP contribution in [0.4, 0.5) is 4.79 Å². The van der Waals surface area contributed by atoms with Gasteiger partial charge in [-0.15, -0.1) is 0 Å². The Kier molecular flexibility index (Phi) is 7.12. The van der Waals surface area contributed by atoms with Crippen molar-refractivity contribution in [3.05, 3.63) is 23.8 Å². The molecule has 0 bridgehead atoms. The summed E-state index contributed by atoms with van der Waals surface area (Å²) in [6, 6.07) is 5.57. The molecule has 0 aliphatic carbocycles. The van der Waals surface area contributed by atoms with Gasteiger partial charge in [0.15, 0.2) is 11.5 Å². The first-order valence-corrected chi connectivity index (χ1v) is 9.06. The van der Waals surface area contributed by atoms with Crippen molar-refractivity contribution >= 4 is 11.9 Å². The maximum absolute atomic E-state index is 12.6. The van der Waals surface area contributed by atoms with E-state index in [-0.39, 0.29) is 11.9 Å². The molecule has 0 atom stereocenters. The number of methoxy groups -OCH3 is 2. The summed E-state index contributed by atoms with van der Waals surface area (Å²) in [5.41, 5.74) is 0.884. The van der Waals surface area contributed by atoms with Gasteiger partial charge in [0.1, 0.15) is 0 Å². The fourth-order valence-corrected chi connectivity index (χ4v) is 3.12. The van der Waals surface area contributed by atoms with Crippen molar-refractivity contribution in [2.24, 2.45) is 0 Å². The molecule has 0 aromatic heterocycles. The van der Waals surface area contributed by atoms with Crippen LogP contribution in [0.1, 0.15) is 19.4 Å². The van der Waals surface area contributed by atoms with E-state index in [2.05, 4.69) is 0 Å². The zero-order valence-corrected chi connectivity index (χ0v) is 16.2. The molecule has 26 heavy (non-hydrogen) atoms. The van der Waals surface area contributed by atoms with Gasteiger partial charge in [0.2, 0.25) is 5.91 Å². The molecule has 2 rings (SSSR count). The Balaban J connectivity index is 1.91. The van der Waals surface area contributed by atoms with E-state index < -0.39 is 0 Å². The zero-order chi connectivity index (χ0) is 19.1. The fraction of sp³-hybridized carbons (Fsp3) is 0.579. The molecule has 1 fully saturated rings. The van der Waals surface area contributed by atoms with Gasteiger partial charge in [0.05, 0.1) is 20.6 Å². The number of nitrogens with zero attached hydrogens (tertiary/aromatic N) is 3. The molecule has 0 saturated carbocycles. The predicted octanol–water partition coefficient (Wildman–Crippen LogP) is 1.85. The molecule has 0 unspecified atom stereocenters. The summed E-state index contributed by atoms with van der Waals surface area (Å²) >= 11 is 0. The van der Waals surface area contributed by atoms with E-state index in [1.54, 1.807) is 19.1 Å². The molecule has 1 saturated heterocycles. The van der Waals surface area contributed by atoms with Crippen LogP contribution in [0.15, 0.2) is 18.2 Å². The third-order valence-corrected chi connectivity index (χ3v) is 4.74. The van der Waals surface area contributed by atoms with Gasteiger partial charge in [0, 0.05) is 39.3 Å². The van der Waals surface area contributed by atoms with Crippen LogP contribution in [0.25, 0.3) is 0 Å². The van der Waals surface area contributed by atoms with Crippen LogP contribution < -0.4 is 9.47 Å². The van der Waals surface area contributed by atoms with Gasteiger partial charge in [-0.1, -0.05) is 6.07 Å². The van der Waals surface area contributed by atoms with Gasteiger partial charge < -0.3 is 24.2 Å². The van der Waals surface area contributed by atoms with Crippen molar-refractivity contribution in [3.8, 4) is 11.5 Å². The summed E-state index contributed by atoms with van der Waals surface area (Å²) in [6.07, 6.45) is 0.310. The first-order chi connectivity index (χ1) is 12.5. The smallest absolute Gasteiger partial charge is 0.320 e. The minimum absolute atomic E-state index is 0.0574. The number of carbonyl (C=O) groups is 2. The SMILES string of the molecule is CCN(CC)C(=O)N1CCN(C(=O)Cc2ccc(OC)c(OC)c2)CC1. The molecular formula is C19H29N3O4. The van der Waals surface area contributed by atoms with Crippen molar-refractivity contribution in [2.75, 3.05) is 53.5 Å². The summed E-state index contributed by atoms with van der Waals surface area (Å²) in [4.78, 5) is 30.4. The molecule has 1 aromatic rings. The second-order valence-electron chi connectivity index (χ2n) is 6.19. The molecule has 7 nitrogen and oxygen atoms in total. The van der Waals surface area contributed by atoms with Crippen molar-refractivity contribution in [1.82, 2.24) is 14.7 Å². The quantitative estimate of drug-likeness (QED) is 0.774. The van der Waals surface area contributed by atoms with Gasteiger partial charge >= 0.3 is 6.03 Å². The molecule has 0 spiro atoms. The summed E-state index contributed by atoms with van der Waals surface area (Å²) in [7, 11) is 3.16. The lowest BCUT2D eigenvalue weighted by atomic mass is 10.1. The Morgan fingerprint density at radius 2 is 1.54 bits per heavy atom. The molecule has 3 amide bonds. The fourth-order valence-electron chi connectivity index (χ4n) is 3.12. The number of rotatable bonds is 6. The first kappa shape index (κ1) is 19.9. The van der Waals surface area contributed by atoms with Gasteiger partial charge in [-0.2, -0.15) is 0 Å². The second kappa shape index (κ2) is 9.31. The highest BCUT2D eigenvalue weighted by molar-refractivity contribution is 5.80. The lowest BCUT2D eigenvalue weighted by molar-refractivity contribution is -0.131. The second-order valence-corrected chi connectivity index (χ2v) is 6.19. The number of carbonyl (C=O) groups excluding carboxylic acids is 2. The highest BCUT2D eigenvalue weighted by atomic mass is 16.5. The van der Waals surface area contributed by atoms with Crippen LogP contribution in [-0.4, -0.2) is 80.1 Å². The van der Waals surface area contributed by atoms with Gasteiger partial charge in [-0.25, -0.2) is 4.79 Å². The summed E-state index contributed by atoms with van der Waals surface area (Å²) in [5.74, 6) is 1.33. The molecule has 144 valence electrons. The highest BCUT2D eigenvalue weighted by Crippen LogP contribution is 2.27. The third-order valence-electron chi connectivity index (χ3n) is 4.74. The van der Waals surface area contributed by atoms with Crippen LogP contribution in [0.3, 0.4) is 0 Å². The monoisotopic (exact) mass is 363 g/mol. The van der Waals surface area contributed by atoms with Gasteiger partial charge in [-0.05, 0) is 31.5 Å². The highest BCUT2D eigenvalue weighted by Gasteiger charge is 2.26. The van der Waals surface area contributed by atoms with Crippen LogP contribution in [-0.2, 0) is 11.2 Å². The van der Waals surface area contributed by atoms with E-state index in [9.17, 15) is 9.59 Å². The van der Waals surface area contributed by atoms with E-state index in [4.69, 9.17) is 9.47 Å². The minimum atomic E-state index is 0.0574. The maximum Gasteiger partial charge on any atom is 0.320 e. The van der Waals surface area contributed by atoms with Crippen molar-refractivity contribution in [2.45, 2.75) is 20.3 Å². The maximum atomic E-state index is 12.6. The van der Waals surface area contributed by atoms with Crippen LogP contribution >= 0.6 is 0 Å².